The number of fused-ring (bicyclic) bond motifs is 1. The smallest absolute Gasteiger partial charge is 0.229 e. The Labute approximate surface area is 216 Å². The molecular weight excluding hydrogens is 477 g/mol. The molecule has 3 fully saturated rings. The predicted octanol–water partition coefficient (Wildman–Crippen LogP) is 5.68. The van der Waals surface area contributed by atoms with Crippen LogP contribution in [0.15, 0.2) is 36.8 Å². The standard InChI is InChI=1S/C28H33ClFN5O/c1-3-22-26(19-12-32-34(2)13-19)27(22)28(36)33-25-10-17-8-23(24(29)9-18(17)11-31-25)16-4-6-21(7-5-16)35-14-20(30)15-35/h8-13,16,20-22,26-27H,3-7,14-15H2,1-2H3,(H,31,33,36)/t16-,21+,22-,26-,27-/m1/s1. The number of likely N-dealkylation sites (tertiary alicyclic amines) is 1. The number of aryl methyl sites for hydroxylation is 1. The topological polar surface area (TPSA) is 63.1 Å². The first-order valence-electron chi connectivity index (χ1n) is 13.2. The maximum absolute atomic E-state index is 13.3. The van der Waals surface area contributed by atoms with Crippen molar-refractivity contribution in [3.63, 3.8) is 0 Å². The summed E-state index contributed by atoms with van der Waals surface area (Å²) >= 11 is 6.71. The van der Waals surface area contributed by atoms with E-state index in [9.17, 15) is 9.18 Å². The molecule has 8 heteroatoms. The Bertz CT molecular complexity index is 1280. The van der Waals surface area contributed by atoms with Crippen molar-refractivity contribution in [2.75, 3.05) is 18.4 Å². The van der Waals surface area contributed by atoms with Gasteiger partial charge >= 0.3 is 0 Å². The van der Waals surface area contributed by atoms with Gasteiger partial charge in [-0.05, 0) is 72.2 Å². The molecule has 1 N–H and O–H groups in total. The van der Waals surface area contributed by atoms with Gasteiger partial charge < -0.3 is 5.32 Å². The van der Waals surface area contributed by atoms with Gasteiger partial charge in [-0.3, -0.25) is 14.4 Å². The summed E-state index contributed by atoms with van der Waals surface area (Å²) < 4.78 is 15.1. The van der Waals surface area contributed by atoms with Crippen LogP contribution in [0.3, 0.4) is 0 Å². The molecule has 2 aliphatic carbocycles. The van der Waals surface area contributed by atoms with Crippen molar-refractivity contribution < 1.29 is 9.18 Å². The zero-order chi connectivity index (χ0) is 25.0. The van der Waals surface area contributed by atoms with Crippen molar-refractivity contribution in [1.29, 1.82) is 0 Å². The first-order valence-corrected chi connectivity index (χ1v) is 13.6. The van der Waals surface area contributed by atoms with Gasteiger partial charge in [-0.2, -0.15) is 5.10 Å². The van der Waals surface area contributed by atoms with Crippen molar-refractivity contribution in [1.82, 2.24) is 19.7 Å². The molecule has 6 rings (SSSR count). The maximum atomic E-state index is 13.3. The number of carbonyl (C=O) groups is 1. The van der Waals surface area contributed by atoms with Gasteiger partial charge in [0.25, 0.3) is 0 Å². The Kier molecular flexibility index (Phi) is 6.24. The number of alkyl halides is 1. The van der Waals surface area contributed by atoms with E-state index >= 15 is 0 Å². The van der Waals surface area contributed by atoms with Crippen molar-refractivity contribution in [2.24, 2.45) is 18.9 Å². The molecule has 2 aromatic heterocycles. The molecule has 0 bridgehead atoms. The van der Waals surface area contributed by atoms with Gasteiger partial charge in [0.1, 0.15) is 12.0 Å². The van der Waals surface area contributed by atoms with Crippen LogP contribution in [-0.4, -0.2) is 50.9 Å². The highest BCUT2D eigenvalue weighted by molar-refractivity contribution is 6.32. The van der Waals surface area contributed by atoms with Gasteiger partial charge in [0.2, 0.25) is 5.91 Å². The lowest BCUT2D eigenvalue weighted by atomic mass is 9.80. The van der Waals surface area contributed by atoms with Gasteiger partial charge in [0.05, 0.1) is 6.20 Å². The fourth-order valence-electron chi connectivity index (χ4n) is 6.59. The number of anilines is 1. The third-order valence-corrected chi connectivity index (χ3v) is 8.99. The van der Waals surface area contributed by atoms with Gasteiger partial charge in [-0.25, -0.2) is 9.37 Å². The summed E-state index contributed by atoms with van der Waals surface area (Å²) in [5.74, 6) is 1.51. The summed E-state index contributed by atoms with van der Waals surface area (Å²) in [6, 6.07) is 6.63. The fourth-order valence-corrected chi connectivity index (χ4v) is 6.91. The highest BCUT2D eigenvalue weighted by Gasteiger charge is 2.54. The summed E-state index contributed by atoms with van der Waals surface area (Å²) in [7, 11) is 1.90. The van der Waals surface area contributed by atoms with Crippen LogP contribution in [0.1, 0.15) is 62.0 Å². The lowest BCUT2D eigenvalue weighted by Gasteiger charge is -2.43. The van der Waals surface area contributed by atoms with Crippen LogP contribution in [0.5, 0.6) is 0 Å². The maximum Gasteiger partial charge on any atom is 0.229 e. The molecule has 6 nitrogen and oxygen atoms in total. The molecule has 3 atom stereocenters. The Morgan fingerprint density at radius 3 is 2.58 bits per heavy atom. The summed E-state index contributed by atoms with van der Waals surface area (Å²) in [5, 5.41) is 10.1. The van der Waals surface area contributed by atoms with Crippen LogP contribution in [0, 0.1) is 11.8 Å². The number of hydrogen-bond acceptors (Lipinski definition) is 4. The van der Waals surface area contributed by atoms with E-state index in [1.165, 1.54) is 5.56 Å². The third-order valence-electron chi connectivity index (χ3n) is 8.66. The number of amides is 1. The van der Waals surface area contributed by atoms with E-state index in [0.29, 0.717) is 36.8 Å². The number of pyridine rings is 1. The molecule has 0 radical (unpaired) electrons. The molecule has 0 spiro atoms. The monoisotopic (exact) mass is 509 g/mol. The number of nitrogens with zero attached hydrogens (tertiary/aromatic N) is 4. The van der Waals surface area contributed by atoms with Crippen molar-refractivity contribution in [2.45, 2.75) is 63.1 Å². The lowest BCUT2D eigenvalue weighted by Crippen LogP contribution is -2.54. The van der Waals surface area contributed by atoms with E-state index in [-0.39, 0.29) is 17.7 Å². The number of rotatable bonds is 6. The molecule has 2 saturated carbocycles. The van der Waals surface area contributed by atoms with Crippen LogP contribution in [-0.2, 0) is 11.8 Å². The molecule has 3 aromatic rings. The number of nitrogens with one attached hydrogen (secondary N) is 1. The van der Waals surface area contributed by atoms with Gasteiger partial charge in [-0.1, -0.05) is 24.9 Å². The Hall–Kier alpha value is -2.51. The summed E-state index contributed by atoms with van der Waals surface area (Å²) in [6.45, 7) is 3.32. The highest BCUT2D eigenvalue weighted by Crippen LogP contribution is 2.56. The summed E-state index contributed by atoms with van der Waals surface area (Å²) in [5.41, 5.74) is 2.30. The second-order valence-corrected chi connectivity index (χ2v) is 11.3. The van der Waals surface area contributed by atoms with E-state index in [2.05, 4.69) is 33.3 Å². The lowest BCUT2D eigenvalue weighted by molar-refractivity contribution is -0.117. The molecule has 36 heavy (non-hydrogen) atoms. The SMILES string of the molecule is CC[C@H]1[C@@H](C(=O)Nc2cc3cc([C@H]4CC[C@@H](N5CC(F)C5)CC4)c(Cl)cc3cn2)[C@@H]1c1cnn(C)c1. The third kappa shape index (κ3) is 4.41. The van der Waals surface area contributed by atoms with E-state index in [4.69, 9.17) is 11.6 Å². The molecule has 1 aromatic carbocycles. The largest absolute Gasteiger partial charge is 0.310 e. The summed E-state index contributed by atoms with van der Waals surface area (Å²) in [4.78, 5) is 19.9. The van der Waals surface area contributed by atoms with Gasteiger partial charge in [0, 0.05) is 60.8 Å². The van der Waals surface area contributed by atoms with E-state index in [0.717, 1.165) is 53.5 Å². The number of aromatic nitrogens is 3. The Morgan fingerprint density at radius 1 is 1.14 bits per heavy atom. The molecule has 1 saturated heterocycles. The molecule has 1 amide bonds. The molecule has 3 heterocycles. The molecule has 1 aliphatic heterocycles. The quantitative estimate of drug-likeness (QED) is 0.464. The van der Waals surface area contributed by atoms with E-state index in [1.807, 2.05) is 31.6 Å². The normalized spacial score (nSPS) is 28.7. The van der Waals surface area contributed by atoms with Crippen LogP contribution in [0.25, 0.3) is 10.8 Å². The number of halogens is 2. The second-order valence-electron chi connectivity index (χ2n) is 10.9. The van der Waals surface area contributed by atoms with Crippen molar-refractivity contribution >= 4 is 34.1 Å². The Morgan fingerprint density at radius 2 is 1.92 bits per heavy atom. The number of hydrogen-bond donors (Lipinski definition) is 1. The van der Waals surface area contributed by atoms with Crippen LogP contribution >= 0.6 is 11.6 Å². The minimum absolute atomic E-state index is 0.0246. The van der Waals surface area contributed by atoms with Crippen molar-refractivity contribution in [3.05, 3.63) is 52.9 Å². The van der Waals surface area contributed by atoms with Crippen LogP contribution < -0.4 is 5.32 Å². The van der Waals surface area contributed by atoms with E-state index in [1.54, 1.807) is 10.9 Å². The zero-order valence-corrected chi connectivity index (χ0v) is 21.6. The average molecular weight is 510 g/mol. The first kappa shape index (κ1) is 23.9. The van der Waals surface area contributed by atoms with Crippen LogP contribution in [0.4, 0.5) is 10.2 Å². The predicted molar refractivity (Wildman–Crippen MR) is 140 cm³/mol. The molecule has 3 aliphatic rings. The molecule has 190 valence electrons. The fraction of sp³-hybridized carbons (Fsp3) is 0.536. The highest BCUT2D eigenvalue weighted by atomic mass is 35.5. The first-order chi connectivity index (χ1) is 17.4. The van der Waals surface area contributed by atoms with Crippen LogP contribution in [0.2, 0.25) is 5.02 Å². The average Bonchev–Trinajstić information content (AvgIpc) is 3.44. The minimum Gasteiger partial charge on any atom is -0.310 e. The van der Waals surface area contributed by atoms with E-state index < -0.39 is 6.17 Å². The van der Waals surface area contributed by atoms with Gasteiger partial charge in [-0.15, -0.1) is 0 Å². The second kappa shape index (κ2) is 9.42. The summed E-state index contributed by atoms with van der Waals surface area (Å²) in [6.07, 6.45) is 10.3. The minimum atomic E-state index is -0.644. The zero-order valence-electron chi connectivity index (χ0n) is 20.8. The molecule has 0 unspecified atom stereocenters. The molecular formula is C28H33ClFN5O. The van der Waals surface area contributed by atoms with Gasteiger partial charge in [0.15, 0.2) is 0 Å². The number of benzene rings is 1. The number of carbonyl (C=O) groups excluding carboxylic acids is 1. The van der Waals surface area contributed by atoms with Crippen molar-refractivity contribution in [3.8, 4) is 0 Å². The Balaban J connectivity index is 1.16.